The minimum atomic E-state index is 1.16. The average Bonchev–Trinajstić information content (AvgIpc) is 3.65. The molecule has 2 nitrogen and oxygen atoms in total. The Morgan fingerprint density at radius 2 is 0.739 bits per heavy atom. The molecule has 0 bridgehead atoms. The minimum absolute atomic E-state index is 1.16. The van der Waals surface area contributed by atoms with Gasteiger partial charge in [0.25, 0.3) is 0 Å². The summed E-state index contributed by atoms with van der Waals surface area (Å²) in [5.41, 5.74) is 9.73. The van der Waals surface area contributed by atoms with Crippen LogP contribution in [0.3, 0.4) is 0 Å². The van der Waals surface area contributed by atoms with Gasteiger partial charge in [0.1, 0.15) is 0 Å². The normalized spacial score (nSPS) is 11.9. The van der Waals surface area contributed by atoms with E-state index in [1.165, 1.54) is 82.0 Å². The Morgan fingerprint density at radius 3 is 1.35 bits per heavy atom. The molecule has 0 saturated heterocycles. The smallest absolute Gasteiger partial charge is 0.0620 e. The molecule has 214 valence electrons. The van der Waals surface area contributed by atoms with Crippen molar-refractivity contribution in [2.75, 3.05) is 0 Å². The van der Waals surface area contributed by atoms with Crippen molar-refractivity contribution in [1.29, 1.82) is 0 Å². The van der Waals surface area contributed by atoms with Gasteiger partial charge in [0.05, 0.1) is 22.1 Å². The van der Waals surface area contributed by atoms with Gasteiger partial charge in [-0.3, -0.25) is 0 Å². The number of benzene rings is 8. The lowest BCUT2D eigenvalue weighted by Gasteiger charge is -2.13. The SMILES string of the molecule is c1ccc(-n2c3ccccc3c3ccc4c(ccc5c6ccccc6n(-c6ccc(-c7cccc8ccccc78)cc6)c54)c32)cc1. The largest absolute Gasteiger partial charge is 0.309 e. The van der Waals surface area contributed by atoms with E-state index >= 15 is 0 Å². The second-order valence-corrected chi connectivity index (χ2v) is 12.1. The van der Waals surface area contributed by atoms with Gasteiger partial charge in [-0.1, -0.05) is 133 Å². The van der Waals surface area contributed by atoms with E-state index in [0.29, 0.717) is 0 Å². The summed E-state index contributed by atoms with van der Waals surface area (Å²) >= 11 is 0. The van der Waals surface area contributed by atoms with Crippen molar-refractivity contribution in [3.8, 4) is 22.5 Å². The highest BCUT2D eigenvalue weighted by Gasteiger charge is 2.19. The molecule has 0 fully saturated rings. The fourth-order valence-corrected chi connectivity index (χ4v) is 7.70. The zero-order valence-corrected chi connectivity index (χ0v) is 25.1. The molecule has 0 radical (unpaired) electrons. The van der Waals surface area contributed by atoms with E-state index in [4.69, 9.17) is 0 Å². The maximum absolute atomic E-state index is 2.46. The molecule has 0 saturated carbocycles. The predicted octanol–water partition coefficient (Wildman–Crippen LogP) is 11.9. The molecule has 0 amide bonds. The van der Waals surface area contributed by atoms with Crippen molar-refractivity contribution in [3.05, 3.63) is 170 Å². The Balaban J connectivity index is 1.28. The number of nitrogens with zero attached hydrogens (tertiary/aromatic N) is 2. The summed E-state index contributed by atoms with van der Waals surface area (Å²) in [6.07, 6.45) is 0. The first-order chi connectivity index (χ1) is 22.8. The first-order valence-corrected chi connectivity index (χ1v) is 15.9. The lowest BCUT2D eigenvalue weighted by Crippen LogP contribution is -1.96. The van der Waals surface area contributed by atoms with Crippen LogP contribution in [0.2, 0.25) is 0 Å². The van der Waals surface area contributed by atoms with E-state index in [-0.39, 0.29) is 0 Å². The summed E-state index contributed by atoms with van der Waals surface area (Å²) in [4.78, 5) is 0. The van der Waals surface area contributed by atoms with Gasteiger partial charge in [-0.15, -0.1) is 0 Å². The van der Waals surface area contributed by atoms with Crippen molar-refractivity contribution in [2.45, 2.75) is 0 Å². The molecule has 0 N–H and O–H groups in total. The number of rotatable bonds is 3. The molecule has 0 aliphatic heterocycles. The molecule has 46 heavy (non-hydrogen) atoms. The summed E-state index contributed by atoms with van der Waals surface area (Å²) in [7, 11) is 0. The number of para-hydroxylation sites is 3. The summed E-state index contributed by atoms with van der Waals surface area (Å²) in [5.74, 6) is 0. The van der Waals surface area contributed by atoms with E-state index in [2.05, 4.69) is 179 Å². The third-order valence-electron chi connectivity index (χ3n) is 9.70. The molecule has 0 unspecified atom stereocenters. The molecule has 2 heteroatoms. The fourth-order valence-electron chi connectivity index (χ4n) is 7.70. The van der Waals surface area contributed by atoms with Crippen LogP contribution < -0.4 is 0 Å². The van der Waals surface area contributed by atoms with Gasteiger partial charge in [-0.2, -0.15) is 0 Å². The Morgan fingerprint density at radius 1 is 0.283 bits per heavy atom. The predicted molar refractivity (Wildman–Crippen MR) is 196 cm³/mol. The van der Waals surface area contributed by atoms with Crippen LogP contribution in [0.25, 0.3) is 87.7 Å². The van der Waals surface area contributed by atoms with Crippen molar-refractivity contribution in [2.24, 2.45) is 0 Å². The first-order valence-electron chi connectivity index (χ1n) is 15.9. The van der Waals surface area contributed by atoms with Crippen LogP contribution >= 0.6 is 0 Å². The zero-order valence-electron chi connectivity index (χ0n) is 25.1. The Hall–Kier alpha value is -6.12. The van der Waals surface area contributed by atoms with Crippen LogP contribution in [0, 0.1) is 0 Å². The standard InChI is InChI=1S/C44H28N2/c1-2-13-31(14-3-1)45-41-19-8-6-16-35(41)37-25-28-40-39(43(37)45)27-26-38-36-17-7-9-20-42(36)46(44(38)40)32-23-21-30(22-24-32)34-18-10-12-29-11-4-5-15-33(29)34/h1-28H. The van der Waals surface area contributed by atoms with E-state index in [0.717, 1.165) is 5.69 Å². The summed E-state index contributed by atoms with van der Waals surface area (Å²) in [5, 5.41) is 10.1. The lowest BCUT2D eigenvalue weighted by atomic mass is 9.98. The number of hydrogen-bond acceptors (Lipinski definition) is 0. The number of hydrogen-bond donors (Lipinski definition) is 0. The maximum atomic E-state index is 2.46. The Labute approximate surface area is 266 Å². The minimum Gasteiger partial charge on any atom is -0.309 e. The van der Waals surface area contributed by atoms with Crippen LogP contribution in [0.5, 0.6) is 0 Å². The third-order valence-corrected chi connectivity index (χ3v) is 9.70. The van der Waals surface area contributed by atoms with Crippen LogP contribution in [-0.2, 0) is 0 Å². The van der Waals surface area contributed by atoms with Crippen LogP contribution in [0.15, 0.2) is 170 Å². The van der Waals surface area contributed by atoms with Gasteiger partial charge in [-0.25, -0.2) is 0 Å². The molecule has 2 heterocycles. The molecule has 0 atom stereocenters. The quantitative estimate of drug-likeness (QED) is 0.195. The number of aromatic nitrogens is 2. The van der Waals surface area contributed by atoms with Gasteiger partial charge in [0.15, 0.2) is 0 Å². The van der Waals surface area contributed by atoms with E-state index < -0.39 is 0 Å². The maximum Gasteiger partial charge on any atom is 0.0620 e. The van der Waals surface area contributed by atoms with E-state index in [1.54, 1.807) is 0 Å². The first kappa shape index (κ1) is 25.2. The van der Waals surface area contributed by atoms with Crippen LogP contribution in [0.4, 0.5) is 0 Å². The molecule has 8 aromatic carbocycles. The van der Waals surface area contributed by atoms with Crippen LogP contribution in [-0.4, -0.2) is 9.13 Å². The second-order valence-electron chi connectivity index (χ2n) is 12.1. The van der Waals surface area contributed by atoms with Gasteiger partial charge in [0.2, 0.25) is 0 Å². The molecule has 0 aliphatic rings. The highest BCUT2D eigenvalue weighted by molar-refractivity contribution is 6.26. The molecule has 0 aliphatic carbocycles. The van der Waals surface area contributed by atoms with E-state index in [1.807, 2.05) is 0 Å². The van der Waals surface area contributed by atoms with Gasteiger partial charge >= 0.3 is 0 Å². The van der Waals surface area contributed by atoms with Crippen molar-refractivity contribution in [1.82, 2.24) is 9.13 Å². The van der Waals surface area contributed by atoms with Crippen LogP contribution in [0.1, 0.15) is 0 Å². The van der Waals surface area contributed by atoms with Crippen molar-refractivity contribution >= 4 is 65.2 Å². The topological polar surface area (TPSA) is 9.86 Å². The van der Waals surface area contributed by atoms with Gasteiger partial charge in [-0.05, 0) is 58.3 Å². The zero-order chi connectivity index (χ0) is 30.2. The fraction of sp³-hybridized carbons (Fsp3) is 0. The van der Waals surface area contributed by atoms with E-state index in [9.17, 15) is 0 Å². The summed E-state index contributed by atoms with van der Waals surface area (Å²) in [6, 6.07) is 61.9. The summed E-state index contributed by atoms with van der Waals surface area (Å²) in [6.45, 7) is 0. The highest BCUT2D eigenvalue weighted by Crippen LogP contribution is 2.42. The Bertz CT molecular complexity index is 2770. The Kier molecular flexibility index (Phi) is 5.31. The number of fused-ring (bicyclic) bond motifs is 10. The molecular formula is C44H28N2. The second kappa shape index (κ2) is 9.69. The molecule has 10 aromatic rings. The summed E-state index contributed by atoms with van der Waals surface area (Å²) < 4.78 is 4.89. The van der Waals surface area contributed by atoms with Crippen molar-refractivity contribution in [3.63, 3.8) is 0 Å². The average molecular weight is 585 g/mol. The molecule has 0 spiro atoms. The van der Waals surface area contributed by atoms with Crippen molar-refractivity contribution < 1.29 is 0 Å². The lowest BCUT2D eigenvalue weighted by molar-refractivity contribution is 1.18. The van der Waals surface area contributed by atoms with Gasteiger partial charge in [0, 0.05) is 43.7 Å². The molecule has 2 aromatic heterocycles. The molecule has 10 rings (SSSR count). The molecular weight excluding hydrogens is 556 g/mol. The van der Waals surface area contributed by atoms with Gasteiger partial charge < -0.3 is 9.13 Å². The third kappa shape index (κ3) is 3.53. The monoisotopic (exact) mass is 584 g/mol. The highest BCUT2D eigenvalue weighted by atomic mass is 15.0.